The first kappa shape index (κ1) is 15.5. The number of nitrogens with zero attached hydrogens (tertiary/aromatic N) is 1. The van der Waals surface area contributed by atoms with Crippen LogP contribution in [0.1, 0.15) is 25.8 Å². The van der Waals surface area contributed by atoms with Crippen molar-refractivity contribution in [3.63, 3.8) is 0 Å². The second kappa shape index (κ2) is 6.72. The molecule has 5 nitrogen and oxygen atoms in total. The van der Waals surface area contributed by atoms with Gasteiger partial charge in [0.1, 0.15) is 5.75 Å². The van der Waals surface area contributed by atoms with E-state index in [0.29, 0.717) is 26.1 Å². The van der Waals surface area contributed by atoms with E-state index >= 15 is 0 Å². The third-order valence-corrected chi connectivity index (χ3v) is 3.99. The molecule has 0 aromatic heterocycles. The fourth-order valence-corrected chi connectivity index (χ4v) is 2.42. The smallest absolute Gasteiger partial charge is 0.232 e. The monoisotopic (exact) mass is 290 g/mol. The summed E-state index contributed by atoms with van der Waals surface area (Å²) >= 11 is 0. The third kappa shape index (κ3) is 3.42. The highest BCUT2D eigenvalue weighted by atomic mass is 16.5. The van der Waals surface area contributed by atoms with Gasteiger partial charge in [-0.25, -0.2) is 0 Å². The molecule has 1 fully saturated rings. The number of imide groups is 1. The van der Waals surface area contributed by atoms with Crippen LogP contribution in [-0.4, -0.2) is 29.9 Å². The zero-order chi connectivity index (χ0) is 15.4. The van der Waals surface area contributed by atoms with E-state index < -0.39 is 0 Å². The number of rotatable bonds is 6. The molecule has 1 aromatic carbocycles. The van der Waals surface area contributed by atoms with Gasteiger partial charge in [-0.1, -0.05) is 26.0 Å². The van der Waals surface area contributed by atoms with Crippen LogP contribution in [0.4, 0.5) is 0 Å². The van der Waals surface area contributed by atoms with Gasteiger partial charge in [-0.05, 0) is 24.1 Å². The highest BCUT2D eigenvalue weighted by Crippen LogP contribution is 2.25. The van der Waals surface area contributed by atoms with E-state index in [9.17, 15) is 9.59 Å². The van der Waals surface area contributed by atoms with E-state index in [1.165, 1.54) is 4.90 Å². The zero-order valence-electron chi connectivity index (χ0n) is 12.5. The molecular formula is C16H22N2O3. The van der Waals surface area contributed by atoms with Crippen molar-refractivity contribution in [3.05, 3.63) is 29.8 Å². The largest absolute Gasteiger partial charge is 0.494 e. The average molecular weight is 290 g/mol. The van der Waals surface area contributed by atoms with Crippen molar-refractivity contribution in [2.45, 2.75) is 26.8 Å². The zero-order valence-corrected chi connectivity index (χ0v) is 12.5. The highest BCUT2D eigenvalue weighted by Gasteiger charge is 2.41. The van der Waals surface area contributed by atoms with Crippen LogP contribution in [0.2, 0.25) is 0 Å². The molecule has 114 valence electrons. The Hall–Kier alpha value is -1.88. The van der Waals surface area contributed by atoms with Crippen molar-refractivity contribution in [2.24, 2.45) is 17.6 Å². The van der Waals surface area contributed by atoms with Crippen molar-refractivity contribution >= 4 is 11.8 Å². The van der Waals surface area contributed by atoms with Crippen LogP contribution in [0.25, 0.3) is 0 Å². The predicted octanol–water partition coefficient (Wildman–Crippen LogP) is 1.56. The summed E-state index contributed by atoms with van der Waals surface area (Å²) in [6.07, 6.45) is 0.629. The second-order valence-electron chi connectivity index (χ2n) is 5.46. The molecule has 2 unspecified atom stereocenters. The van der Waals surface area contributed by atoms with Gasteiger partial charge in [0.05, 0.1) is 6.61 Å². The summed E-state index contributed by atoms with van der Waals surface area (Å²) in [4.78, 5) is 25.2. The van der Waals surface area contributed by atoms with Crippen LogP contribution < -0.4 is 10.5 Å². The minimum atomic E-state index is -0.209. The molecule has 21 heavy (non-hydrogen) atoms. The lowest BCUT2D eigenvalue weighted by atomic mass is 10.00. The molecule has 0 saturated carbocycles. The van der Waals surface area contributed by atoms with Crippen LogP contribution in [0.5, 0.6) is 5.75 Å². The Balaban J connectivity index is 1.80. The molecule has 0 radical (unpaired) electrons. The second-order valence-corrected chi connectivity index (χ2v) is 5.46. The Morgan fingerprint density at radius 3 is 2.48 bits per heavy atom. The third-order valence-electron chi connectivity index (χ3n) is 3.99. The van der Waals surface area contributed by atoms with Crippen molar-refractivity contribution in [1.29, 1.82) is 0 Å². The molecule has 2 rings (SSSR count). The van der Waals surface area contributed by atoms with Gasteiger partial charge in [-0.3, -0.25) is 14.5 Å². The molecule has 0 bridgehead atoms. The average Bonchev–Trinajstić information content (AvgIpc) is 2.69. The first-order chi connectivity index (χ1) is 10.0. The quantitative estimate of drug-likeness (QED) is 0.637. The Kier molecular flexibility index (Phi) is 4.96. The Labute approximate surface area is 125 Å². The SMILES string of the molecule is CC1C(=O)N(CCCOc2cccc(CN)c2)C(=O)C1C. The van der Waals surface area contributed by atoms with Gasteiger partial charge in [0.15, 0.2) is 0 Å². The van der Waals surface area contributed by atoms with Crippen molar-refractivity contribution in [1.82, 2.24) is 4.90 Å². The van der Waals surface area contributed by atoms with Crippen LogP contribution in [-0.2, 0) is 16.1 Å². The Morgan fingerprint density at radius 2 is 1.86 bits per heavy atom. The van der Waals surface area contributed by atoms with E-state index in [4.69, 9.17) is 10.5 Å². The molecule has 0 aliphatic carbocycles. The molecule has 1 aliphatic rings. The maximum atomic E-state index is 11.9. The lowest BCUT2D eigenvalue weighted by Gasteiger charge is -2.14. The van der Waals surface area contributed by atoms with Gasteiger partial charge in [-0.15, -0.1) is 0 Å². The summed E-state index contributed by atoms with van der Waals surface area (Å²) in [6, 6.07) is 7.61. The number of nitrogens with two attached hydrogens (primary N) is 1. The van der Waals surface area contributed by atoms with E-state index in [-0.39, 0.29) is 23.7 Å². The van der Waals surface area contributed by atoms with Gasteiger partial charge >= 0.3 is 0 Å². The highest BCUT2D eigenvalue weighted by molar-refractivity contribution is 6.04. The van der Waals surface area contributed by atoms with Gasteiger partial charge in [0.2, 0.25) is 11.8 Å². The van der Waals surface area contributed by atoms with Crippen molar-refractivity contribution in [2.75, 3.05) is 13.2 Å². The summed E-state index contributed by atoms with van der Waals surface area (Å²) in [5, 5.41) is 0. The lowest BCUT2D eigenvalue weighted by Crippen LogP contribution is -2.32. The minimum absolute atomic E-state index is 0.0716. The molecule has 5 heteroatoms. The van der Waals surface area contributed by atoms with E-state index in [2.05, 4.69) is 0 Å². The number of hydrogen-bond acceptors (Lipinski definition) is 4. The van der Waals surface area contributed by atoms with Crippen LogP contribution >= 0.6 is 0 Å². The molecule has 1 aliphatic heterocycles. The molecule has 2 amide bonds. The van der Waals surface area contributed by atoms with Crippen LogP contribution in [0.3, 0.4) is 0 Å². The number of ether oxygens (including phenoxy) is 1. The lowest BCUT2D eigenvalue weighted by molar-refractivity contribution is -0.139. The summed E-state index contributed by atoms with van der Waals surface area (Å²) < 4.78 is 5.63. The van der Waals surface area contributed by atoms with Gasteiger partial charge < -0.3 is 10.5 Å². The predicted molar refractivity (Wildman–Crippen MR) is 79.5 cm³/mol. The molecule has 1 heterocycles. The standard InChI is InChI=1S/C16H22N2O3/c1-11-12(2)16(20)18(15(11)19)7-4-8-21-14-6-3-5-13(9-14)10-17/h3,5-6,9,11-12H,4,7-8,10,17H2,1-2H3. The Morgan fingerprint density at radius 1 is 1.19 bits per heavy atom. The topological polar surface area (TPSA) is 72.6 Å². The number of benzene rings is 1. The summed E-state index contributed by atoms with van der Waals surface area (Å²) in [5.74, 6) is 0.202. The summed E-state index contributed by atoms with van der Waals surface area (Å²) in [7, 11) is 0. The van der Waals surface area contributed by atoms with Crippen molar-refractivity contribution in [3.8, 4) is 5.75 Å². The molecular weight excluding hydrogens is 268 g/mol. The first-order valence-electron chi connectivity index (χ1n) is 7.31. The van der Waals surface area contributed by atoms with E-state index in [0.717, 1.165) is 11.3 Å². The van der Waals surface area contributed by atoms with E-state index in [1.54, 1.807) is 13.8 Å². The van der Waals surface area contributed by atoms with Crippen LogP contribution in [0, 0.1) is 11.8 Å². The maximum Gasteiger partial charge on any atom is 0.232 e. The number of hydrogen-bond donors (Lipinski definition) is 1. The van der Waals surface area contributed by atoms with Gasteiger partial charge in [0.25, 0.3) is 0 Å². The minimum Gasteiger partial charge on any atom is -0.494 e. The summed E-state index contributed by atoms with van der Waals surface area (Å²) in [5.41, 5.74) is 6.59. The van der Waals surface area contributed by atoms with Crippen molar-refractivity contribution < 1.29 is 14.3 Å². The normalized spacial score (nSPS) is 22.0. The van der Waals surface area contributed by atoms with Crippen LogP contribution in [0.15, 0.2) is 24.3 Å². The van der Waals surface area contributed by atoms with Gasteiger partial charge in [0, 0.05) is 24.9 Å². The van der Waals surface area contributed by atoms with Gasteiger partial charge in [-0.2, -0.15) is 0 Å². The molecule has 1 aromatic rings. The first-order valence-corrected chi connectivity index (χ1v) is 7.31. The fraction of sp³-hybridized carbons (Fsp3) is 0.500. The summed E-state index contributed by atoms with van der Waals surface area (Å²) in [6.45, 7) is 4.97. The number of likely N-dealkylation sites (tertiary alicyclic amines) is 1. The fourth-order valence-electron chi connectivity index (χ4n) is 2.42. The van der Waals surface area contributed by atoms with E-state index in [1.807, 2.05) is 24.3 Å². The molecule has 2 N–H and O–H groups in total. The Bertz CT molecular complexity index is 510. The molecule has 0 spiro atoms. The number of carbonyl (C=O) groups is 2. The molecule has 1 saturated heterocycles. The number of carbonyl (C=O) groups excluding carboxylic acids is 2. The molecule has 2 atom stereocenters. The maximum absolute atomic E-state index is 11.9. The number of amides is 2.